The molecule has 2 aromatic carbocycles. The van der Waals surface area contributed by atoms with Gasteiger partial charge >= 0.3 is 0 Å². The van der Waals surface area contributed by atoms with E-state index < -0.39 is 15.9 Å². The number of hydrogen-bond donors (Lipinski definition) is 2. The van der Waals surface area contributed by atoms with Crippen molar-refractivity contribution in [2.24, 2.45) is 0 Å². The number of piperidine rings is 1. The molecule has 9 heteroatoms. The van der Waals surface area contributed by atoms with Gasteiger partial charge in [-0.25, -0.2) is 8.42 Å². The molecule has 0 aromatic heterocycles. The van der Waals surface area contributed by atoms with Gasteiger partial charge in [0.1, 0.15) is 5.75 Å². The molecule has 1 saturated heterocycles. The summed E-state index contributed by atoms with van der Waals surface area (Å²) in [7, 11) is -3.61. The van der Waals surface area contributed by atoms with Crippen molar-refractivity contribution in [1.29, 1.82) is 0 Å². The standard InChI is InChI=1S/C22H27N3O5S/c1-2-23-21(26)16-30-19-11-9-18(10-12-19)24-22(27)17-7-6-8-20(15-17)31(28,29)25-13-4-3-5-14-25/h6-12,15H,2-5,13-14,16H2,1H3,(H,23,26)(H,24,27). The Hall–Kier alpha value is -2.91. The van der Waals surface area contributed by atoms with Gasteiger partial charge in [0.15, 0.2) is 6.61 Å². The predicted octanol–water partition coefficient (Wildman–Crippen LogP) is 2.63. The van der Waals surface area contributed by atoms with Gasteiger partial charge in [-0.1, -0.05) is 12.5 Å². The molecule has 0 aliphatic carbocycles. The van der Waals surface area contributed by atoms with E-state index in [1.807, 2.05) is 6.92 Å². The van der Waals surface area contributed by atoms with Crippen molar-refractivity contribution in [3.63, 3.8) is 0 Å². The lowest BCUT2D eigenvalue weighted by Gasteiger charge is -2.26. The lowest BCUT2D eigenvalue weighted by molar-refractivity contribution is -0.122. The molecule has 0 saturated carbocycles. The van der Waals surface area contributed by atoms with Crippen LogP contribution in [0.4, 0.5) is 5.69 Å². The summed E-state index contributed by atoms with van der Waals surface area (Å²) < 4.78 is 32.6. The number of carbonyl (C=O) groups excluding carboxylic acids is 2. The molecule has 1 heterocycles. The fraction of sp³-hybridized carbons (Fsp3) is 0.364. The Morgan fingerprint density at radius 3 is 2.42 bits per heavy atom. The molecule has 0 radical (unpaired) electrons. The van der Waals surface area contributed by atoms with E-state index in [4.69, 9.17) is 4.74 Å². The van der Waals surface area contributed by atoms with Gasteiger partial charge in [0.05, 0.1) is 4.90 Å². The first kappa shape index (κ1) is 22.8. The number of benzene rings is 2. The average Bonchev–Trinajstić information content (AvgIpc) is 2.79. The summed E-state index contributed by atoms with van der Waals surface area (Å²) in [6.45, 7) is 3.29. The van der Waals surface area contributed by atoms with Crippen molar-refractivity contribution in [3.8, 4) is 5.75 Å². The molecule has 1 fully saturated rings. The van der Waals surface area contributed by atoms with Crippen molar-refractivity contribution in [2.75, 3.05) is 31.6 Å². The molecule has 0 unspecified atom stereocenters. The van der Waals surface area contributed by atoms with Crippen LogP contribution in [0.25, 0.3) is 0 Å². The number of nitrogens with zero attached hydrogens (tertiary/aromatic N) is 1. The fourth-order valence-corrected chi connectivity index (χ4v) is 4.85. The van der Waals surface area contributed by atoms with Crippen LogP contribution in [-0.4, -0.2) is 50.8 Å². The highest BCUT2D eigenvalue weighted by Crippen LogP contribution is 2.22. The lowest BCUT2D eigenvalue weighted by atomic mass is 10.2. The zero-order valence-corrected chi connectivity index (χ0v) is 18.3. The Bertz CT molecular complexity index is 1020. The van der Waals surface area contributed by atoms with Crippen molar-refractivity contribution in [2.45, 2.75) is 31.1 Å². The zero-order valence-electron chi connectivity index (χ0n) is 17.5. The number of carbonyl (C=O) groups is 2. The topological polar surface area (TPSA) is 105 Å². The van der Waals surface area contributed by atoms with E-state index in [0.29, 0.717) is 31.1 Å². The van der Waals surface area contributed by atoms with Crippen LogP contribution in [0.15, 0.2) is 53.4 Å². The average molecular weight is 446 g/mol. The van der Waals surface area contributed by atoms with Gasteiger partial charge in [-0.2, -0.15) is 4.31 Å². The van der Waals surface area contributed by atoms with Crippen molar-refractivity contribution < 1.29 is 22.7 Å². The molecule has 0 spiro atoms. The fourth-order valence-electron chi connectivity index (χ4n) is 3.29. The smallest absolute Gasteiger partial charge is 0.257 e. The van der Waals surface area contributed by atoms with Gasteiger partial charge in [-0.15, -0.1) is 0 Å². The summed E-state index contributed by atoms with van der Waals surface area (Å²) in [5.41, 5.74) is 0.786. The largest absolute Gasteiger partial charge is 0.484 e. The summed E-state index contributed by atoms with van der Waals surface area (Å²) in [6, 6.07) is 12.7. The number of hydrogen-bond acceptors (Lipinski definition) is 5. The van der Waals surface area contributed by atoms with E-state index >= 15 is 0 Å². The van der Waals surface area contributed by atoms with E-state index in [-0.39, 0.29) is 23.0 Å². The first-order valence-electron chi connectivity index (χ1n) is 10.3. The first-order valence-corrected chi connectivity index (χ1v) is 11.8. The first-order chi connectivity index (χ1) is 14.9. The number of amides is 2. The third-order valence-corrected chi connectivity index (χ3v) is 6.80. The maximum atomic E-state index is 12.9. The highest BCUT2D eigenvalue weighted by atomic mass is 32.2. The van der Waals surface area contributed by atoms with E-state index in [1.165, 1.54) is 16.4 Å². The van der Waals surface area contributed by atoms with Crippen LogP contribution in [0.3, 0.4) is 0 Å². The Morgan fingerprint density at radius 1 is 1.03 bits per heavy atom. The molecule has 2 aromatic rings. The molecule has 2 amide bonds. The number of anilines is 1. The molecule has 1 aliphatic heterocycles. The van der Waals surface area contributed by atoms with E-state index in [1.54, 1.807) is 36.4 Å². The zero-order chi connectivity index (χ0) is 22.3. The van der Waals surface area contributed by atoms with Crippen LogP contribution in [0, 0.1) is 0 Å². The van der Waals surface area contributed by atoms with E-state index in [9.17, 15) is 18.0 Å². The highest BCUT2D eigenvalue weighted by molar-refractivity contribution is 7.89. The second-order valence-electron chi connectivity index (χ2n) is 7.21. The van der Waals surface area contributed by atoms with E-state index in [2.05, 4.69) is 10.6 Å². The minimum Gasteiger partial charge on any atom is -0.484 e. The van der Waals surface area contributed by atoms with E-state index in [0.717, 1.165) is 19.3 Å². The normalized spacial score (nSPS) is 14.6. The van der Waals surface area contributed by atoms with Gasteiger partial charge in [0.25, 0.3) is 11.8 Å². The monoisotopic (exact) mass is 445 g/mol. The second-order valence-corrected chi connectivity index (χ2v) is 9.15. The van der Waals surface area contributed by atoms with Crippen LogP contribution >= 0.6 is 0 Å². The number of likely N-dealkylation sites (N-methyl/N-ethyl adjacent to an activating group) is 1. The number of sulfonamides is 1. The molecule has 8 nitrogen and oxygen atoms in total. The summed E-state index contributed by atoms with van der Waals surface area (Å²) in [5.74, 6) is -0.121. The minimum atomic E-state index is -3.61. The van der Waals surface area contributed by atoms with Gasteiger partial charge in [0, 0.05) is 30.9 Å². The van der Waals surface area contributed by atoms with Gasteiger partial charge in [-0.05, 0) is 62.2 Å². The molecule has 31 heavy (non-hydrogen) atoms. The van der Waals surface area contributed by atoms with Crippen molar-refractivity contribution in [1.82, 2.24) is 9.62 Å². The van der Waals surface area contributed by atoms with Crippen molar-refractivity contribution in [3.05, 3.63) is 54.1 Å². The Kier molecular flexibility index (Phi) is 7.64. The third kappa shape index (κ3) is 6.05. The summed E-state index contributed by atoms with van der Waals surface area (Å²) in [6.07, 6.45) is 2.73. The van der Waals surface area contributed by atoms with Crippen LogP contribution in [0.5, 0.6) is 5.75 Å². The van der Waals surface area contributed by atoms with Crippen LogP contribution in [0.2, 0.25) is 0 Å². The molecule has 0 atom stereocenters. The van der Waals surface area contributed by atoms with Crippen molar-refractivity contribution >= 4 is 27.5 Å². The second kappa shape index (κ2) is 10.4. The van der Waals surface area contributed by atoms with Crippen LogP contribution in [0.1, 0.15) is 36.5 Å². The SMILES string of the molecule is CCNC(=O)COc1ccc(NC(=O)c2cccc(S(=O)(=O)N3CCCCC3)c2)cc1. The van der Waals surface area contributed by atoms with Gasteiger partial charge in [0.2, 0.25) is 10.0 Å². The maximum absolute atomic E-state index is 12.9. The quantitative estimate of drug-likeness (QED) is 0.650. The molecule has 0 bridgehead atoms. The molecular weight excluding hydrogens is 418 g/mol. The Morgan fingerprint density at radius 2 is 1.74 bits per heavy atom. The Balaban J connectivity index is 1.64. The van der Waals surface area contributed by atoms with Crippen LogP contribution < -0.4 is 15.4 Å². The minimum absolute atomic E-state index is 0.0855. The molecule has 166 valence electrons. The summed E-state index contributed by atoms with van der Waals surface area (Å²) >= 11 is 0. The highest BCUT2D eigenvalue weighted by Gasteiger charge is 2.26. The molecule has 2 N–H and O–H groups in total. The van der Waals surface area contributed by atoms with Gasteiger partial charge < -0.3 is 15.4 Å². The predicted molar refractivity (Wildman–Crippen MR) is 118 cm³/mol. The van der Waals surface area contributed by atoms with Crippen LogP contribution in [-0.2, 0) is 14.8 Å². The summed E-state index contributed by atoms with van der Waals surface area (Å²) in [4.78, 5) is 24.2. The number of nitrogens with one attached hydrogen (secondary N) is 2. The molecule has 3 rings (SSSR count). The van der Waals surface area contributed by atoms with Gasteiger partial charge in [-0.3, -0.25) is 9.59 Å². The molecule has 1 aliphatic rings. The lowest BCUT2D eigenvalue weighted by Crippen LogP contribution is -2.35. The Labute approximate surface area is 182 Å². The third-order valence-electron chi connectivity index (χ3n) is 4.91. The summed E-state index contributed by atoms with van der Waals surface area (Å²) in [5, 5.41) is 5.39. The maximum Gasteiger partial charge on any atom is 0.257 e. The molecular formula is C22H27N3O5S. The number of rotatable bonds is 8. The number of ether oxygens (including phenoxy) is 1.